The molecule has 1 amide bonds. The van der Waals surface area contributed by atoms with Gasteiger partial charge in [-0.1, -0.05) is 12.1 Å². The summed E-state index contributed by atoms with van der Waals surface area (Å²) in [7, 11) is 0. The van der Waals surface area contributed by atoms with Gasteiger partial charge in [0.25, 0.3) is 5.91 Å². The second-order valence-electron chi connectivity index (χ2n) is 4.12. The minimum atomic E-state index is -0.230. The Morgan fingerprint density at radius 3 is 3.00 bits per heavy atom. The molecule has 0 fully saturated rings. The van der Waals surface area contributed by atoms with Crippen molar-refractivity contribution in [2.24, 2.45) is 4.99 Å². The van der Waals surface area contributed by atoms with Crippen LogP contribution in [0.1, 0.15) is 13.8 Å². The fourth-order valence-electron chi connectivity index (χ4n) is 1.72. The summed E-state index contributed by atoms with van der Waals surface area (Å²) >= 11 is 0. The molecular formula is C13H17N3O2. The standard InChI is InChI=1S/C13H17N3O2/c1-3-18-11-7-5-4-6-10(11)16-13(17)12-14-8-9(2)15-12/h4-7,9H,3,8H2,1-2H3,(H,14,15)(H,16,17). The van der Waals surface area contributed by atoms with Crippen molar-refractivity contribution in [2.75, 3.05) is 18.5 Å². The van der Waals surface area contributed by atoms with Crippen LogP contribution in [0.25, 0.3) is 0 Å². The van der Waals surface area contributed by atoms with E-state index in [9.17, 15) is 4.79 Å². The summed E-state index contributed by atoms with van der Waals surface area (Å²) in [6.45, 7) is 5.08. The van der Waals surface area contributed by atoms with E-state index in [4.69, 9.17) is 4.74 Å². The second kappa shape index (κ2) is 5.53. The fraction of sp³-hybridized carbons (Fsp3) is 0.385. The molecule has 1 heterocycles. The average Bonchev–Trinajstić information content (AvgIpc) is 2.79. The number of hydrogen-bond donors (Lipinski definition) is 2. The Morgan fingerprint density at radius 1 is 1.56 bits per heavy atom. The van der Waals surface area contributed by atoms with Crippen LogP contribution in [-0.4, -0.2) is 30.9 Å². The van der Waals surface area contributed by atoms with Gasteiger partial charge in [-0.25, -0.2) is 0 Å². The molecule has 0 spiro atoms. The molecule has 2 rings (SSSR count). The molecule has 0 bridgehead atoms. The number of carbonyl (C=O) groups excluding carboxylic acids is 1. The molecule has 0 saturated carbocycles. The number of rotatable bonds is 4. The average molecular weight is 247 g/mol. The van der Waals surface area contributed by atoms with Crippen molar-refractivity contribution in [3.8, 4) is 5.75 Å². The summed E-state index contributed by atoms with van der Waals surface area (Å²) in [6.07, 6.45) is 0. The number of nitrogens with zero attached hydrogens (tertiary/aromatic N) is 1. The van der Waals surface area contributed by atoms with Gasteiger partial charge in [-0.2, -0.15) is 0 Å². The topological polar surface area (TPSA) is 62.7 Å². The molecule has 1 aromatic rings. The van der Waals surface area contributed by atoms with E-state index >= 15 is 0 Å². The van der Waals surface area contributed by atoms with Gasteiger partial charge < -0.3 is 15.4 Å². The van der Waals surface area contributed by atoms with Gasteiger partial charge in [-0.15, -0.1) is 0 Å². The smallest absolute Gasteiger partial charge is 0.290 e. The third-order valence-electron chi connectivity index (χ3n) is 2.56. The zero-order chi connectivity index (χ0) is 13.0. The summed E-state index contributed by atoms with van der Waals surface area (Å²) in [4.78, 5) is 16.1. The van der Waals surface area contributed by atoms with Crippen LogP contribution >= 0.6 is 0 Å². The highest BCUT2D eigenvalue weighted by molar-refractivity contribution is 6.42. The zero-order valence-corrected chi connectivity index (χ0v) is 10.6. The Hall–Kier alpha value is -2.04. The third-order valence-corrected chi connectivity index (χ3v) is 2.56. The van der Waals surface area contributed by atoms with Crippen molar-refractivity contribution in [1.29, 1.82) is 0 Å². The van der Waals surface area contributed by atoms with Crippen molar-refractivity contribution < 1.29 is 9.53 Å². The Kier molecular flexibility index (Phi) is 3.82. The first-order valence-electron chi connectivity index (χ1n) is 6.05. The van der Waals surface area contributed by atoms with Crippen LogP contribution in [0.2, 0.25) is 0 Å². The van der Waals surface area contributed by atoms with Gasteiger partial charge in [-0.3, -0.25) is 9.79 Å². The number of aliphatic imine (C=N–C) groups is 1. The quantitative estimate of drug-likeness (QED) is 0.845. The van der Waals surface area contributed by atoms with Crippen LogP contribution in [0, 0.1) is 0 Å². The van der Waals surface area contributed by atoms with E-state index in [1.165, 1.54) is 0 Å². The van der Waals surface area contributed by atoms with Crippen LogP contribution in [-0.2, 0) is 4.79 Å². The van der Waals surface area contributed by atoms with E-state index in [0.29, 0.717) is 30.4 Å². The number of carbonyl (C=O) groups is 1. The van der Waals surface area contributed by atoms with E-state index in [-0.39, 0.29) is 11.9 Å². The lowest BCUT2D eigenvalue weighted by Gasteiger charge is -2.11. The molecule has 0 aromatic heterocycles. The monoisotopic (exact) mass is 247 g/mol. The van der Waals surface area contributed by atoms with E-state index in [1.807, 2.05) is 38.1 Å². The van der Waals surface area contributed by atoms with Crippen molar-refractivity contribution in [3.05, 3.63) is 24.3 Å². The molecule has 0 radical (unpaired) electrons. The fourth-order valence-corrected chi connectivity index (χ4v) is 1.72. The van der Waals surface area contributed by atoms with Crippen LogP contribution in [0.5, 0.6) is 5.75 Å². The SMILES string of the molecule is CCOc1ccccc1NC(=O)C1=NCC(C)N1. The minimum absolute atomic E-state index is 0.216. The van der Waals surface area contributed by atoms with Gasteiger partial charge in [0.1, 0.15) is 5.75 Å². The van der Waals surface area contributed by atoms with Gasteiger partial charge >= 0.3 is 0 Å². The highest BCUT2D eigenvalue weighted by Crippen LogP contribution is 2.23. The molecule has 1 aromatic carbocycles. The van der Waals surface area contributed by atoms with E-state index in [2.05, 4.69) is 15.6 Å². The molecule has 1 aliphatic rings. The van der Waals surface area contributed by atoms with Gasteiger partial charge in [0, 0.05) is 6.04 Å². The Morgan fingerprint density at radius 2 is 2.33 bits per heavy atom. The van der Waals surface area contributed by atoms with Crippen molar-refractivity contribution in [3.63, 3.8) is 0 Å². The summed E-state index contributed by atoms with van der Waals surface area (Å²) in [5, 5.41) is 5.82. The molecular weight excluding hydrogens is 230 g/mol. The molecule has 2 N–H and O–H groups in total. The number of hydrogen-bond acceptors (Lipinski definition) is 4. The third kappa shape index (κ3) is 2.80. The molecule has 5 heteroatoms. The van der Waals surface area contributed by atoms with E-state index < -0.39 is 0 Å². The molecule has 96 valence electrons. The number of amides is 1. The minimum Gasteiger partial charge on any atom is -0.492 e. The Labute approximate surface area is 106 Å². The number of ether oxygens (including phenoxy) is 1. The summed E-state index contributed by atoms with van der Waals surface area (Å²) in [5.74, 6) is 0.820. The predicted molar refractivity (Wildman–Crippen MR) is 71.1 cm³/mol. The lowest BCUT2D eigenvalue weighted by molar-refractivity contribution is -0.110. The van der Waals surface area contributed by atoms with E-state index in [1.54, 1.807) is 0 Å². The summed E-state index contributed by atoms with van der Waals surface area (Å²) < 4.78 is 5.45. The molecule has 0 saturated heterocycles. The number of anilines is 1. The number of nitrogens with one attached hydrogen (secondary N) is 2. The lowest BCUT2D eigenvalue weighted by Crippen LogP contribution is -2.36. The molecule has 0 aliphatic carbocycles. The van der Waals surface area contributed by atoms with Gasteiger partial charge in [0.05, 0.1) is 18.8 Å². The second-order valence-corrected chi connectivity index (χ2v) is 4.12. The molecule has 1 atom stereocenters. The molecule has 5 nitrogen and oxygen atoms in total. The van der Waals surface area contributed by atoms with Gasteiger partial charge in [0.2, 0.25) is 0 Å². The maximum absolute atomic E-state index is 12.0. The number of amidine groups is 1. The highest BCUT2D eigenvalue weighted by Gasteiger charge is 2.20. The molecule has 18 heavy (non-hydrogen) atoms. The number of para-hydroxylation sites is 2. The first-order valence-corrected chi connectivity index (χ1v) is 6.05. The highest BCUT2D eigenvalue weighted by atomic mass is 16.5. The lowest BCUT2D eigenvalue weighted by atomic mass is 10.3. The normalized spacial score (nSPS) is 17.9. The van der Waals surface area contributed by atoms with Crippen molar-refractivity contribution in [2.45, 2.75) is 19.9 Å². The van der Waals surface area contributed by atoms with Gasteiger partial charge in [-0.05, 0) is 26.0 Å². The Bertz CT molecular complexity index is 471. The summed E-state index contributed by atoms with van der Waals surface area (Å²) in [6, 6.07) is 7.57. The predicted octanol–water partition coefficient (Wildman–Crippen LogP) is 1.41. The van der Waals surface area contributed by atoms with Crippen LogP contribution < -0.4 is 15.4 Å². The van der Waals surface area contributed by atoms with Crippen molar-refractivity contribution in [1.82, 2.24) is 5.32 Å². The first-order chi connectivity index (χ1) is 8.70. The maximum Gasteiger partial charge on any atom is 0.290 e. The summed E-state index contributed by atoms with van der Waals surface area (Å²) in [5.41, 5.74) is 0.661. The molecule has 1 aliphatic heterocycles. The van der Waals surface area contributed by atoms with Crippen LogP contribution in [0.3, 0.4) is 0 Å². The van der Waals surface area contributed by atoms with Gasteiger partial charge in [0.15, 0.2) is 5.84 Å². The van der Waals surface area contributed by atoms with Crippen molar-refractivity contribution >= 4 is 17.4 Å². The van der Waals surface area contributed by atoms with Crippen LogP contribution in [0.15, 0.2) is 29.3 Å². The number of benzene rings is 1. The first kappa shape index (κ1) is 12.4. The zero-order valence-electron chi connectivity index (χ0n) is 10.6. The molecule has 1 unspecified atom stereocenters. The van der Waals surface area contributed by atoms with Crippen LogP contribution in [0.4, 0.5) is 5.69 Å². The maximum atomic E-state index is 12.0. The Balaban J connectivity index is 2.07. The largest absolute Gasteiger partial charge is 0.492 e. The van der Waals surface area contributed by atoms with E-state index in [0.717, 1.165) is 0 Å².